The number of rotatable bonds is 6. The summed E-state index contributed by atoms with van der Waals surface area (Å²) in [6, 6.07) is 7.37. The summed E-state index contributed by atoms with van der Waals surface area (Å²) in [4.78, 5) is 13.4. The molecule has 0 spiro atoms. The van der Waals surface area contributed by atoms with Gasteiger partial charge in [-0.1, -0.05) is 6.07 Å². The van der Waals surface area contributed by atoms with Gasteiger partial charge in [0.05, 0.1) is 13.2 Å². The number of thiophene rings is 1. The Morgan fingerprint density at radius 3 is 2.55 bits per heavy atom. The Morgan fingerprint density at radius 1 is 1.03 bits per heavy atom. The summed E-state index contributed by atoms with van der Waals surface area (Å²) in [7, 11) is -3.76. The molecule has 0 bridgehead atoms. The first kappa shape index (κ1) is 22.6. The minimum absolute atomic E-state index is 0.0519. The number of benzene rings is 1. The van der Waals surface area contributed by atoms with E-state index in [4.69, 9.17) is 18.9 Å². The van der Waals surface area contributed by atoms with Crippen molar-refractivity contribution in [3.8, 4) is 11.5 Å². The molecule has 1 N–H and O–H groups in total. The van der Waals surface area contributed by atoms with Crippen LogP contribution in [-0.2, 0) is 24.9 Å². The van der Waals surface area contributed by atoms with Gasteiger partial charge in [-0.3, -0.25) is 4.79 Å². The van der Waals surface area contributed by atoms with Crippen molar-refractivity contribution >= 4 is 27.3 Å². The predicted octanol–water partition coefficient (Wildman–Crippen LogP) is 1.98. The second kappa shape index (κ2) is 9.22. The van der Waals surface area contributed by atoms with Crippen LogP contribution in [0.5, 0.6) is 11.5 Å². The molecule has 1 aromatic heterocycles. The maximum absolute atomic E-state index is 13.2. The molecule has 1 aromatic carbocycles. The number of fused-ring (bicyclic) bond motifs is 1. The fourth-order valence-corrected chi connectivity index (χ4v) is 7.20. The number of carbonyl (C=O) groups is 1. The minimum atomic E-state index is -3.76. The van der Waals surface area contributed by atoms with Crippen molar-refractivity contribution in [3.63, 3.8) is 0 Å². The van der Waals surface area contributed by atoms with Crippen LogP contribution in [-0.4, -0.2) is 71.5 Å². The molecule has 2 fully saturated rings. The molecule has 33 heavy (non-hydrogen) atoms. The van der Waals surface area contributed by atoms with E-state index in [0.717, 1.165) is 29.7 Å². The number of nitrogens with zero attached hydrogens (tertiary/aromatic N) is 1. The SMILES string of the molecule is O=C(NCC1(c2ccc3c(c2)OCO3)CCOCC1)c1sccc1S(=O)(=O)N1CCOCC1. The zero-order valence-corrected chi connectivity index (χ0v) is 19.7. The van der Waals surface area contributed by atoms with E-state index >= 15 is 0 Å². The van der Waals surface area contributed by atoms with Crippen molar-refractivity contribution in [1.82, 2.24) is 9.62 Å². The summed E-state index contributed by atoms with van der Waals surface area (Å²) in [5, 5.41) is 4.66. The van der Waals surface area contributed by atoms with Crippen LogP contribution in [0.3, 0.4) is 0 Å². The Balaban J connectivity index is 1.36. The van der Waals surface area contributed by atoms with Gasteiger partial charge in [-0.25, -0.2) is 8.42 Å². The fraction of sp³-hybridized carbons (Fsp3) is 0.500. The van der Waals surface area contributed by atoms with Gasteiger partial charge in [0, 0.05) is 38.3 Å². The van der Waals surface area contributed by atoms with E-state index in [2.05, 4.69) is 5.32 Å². The number of nitrogens with one attached hydrogen (secondary N) is 1. The Morgan fingerprint density at radius 2 is 1.76 bits per heavy atom. The third kappa shape index (κ3) is 4.35. The monoisotopic (exact) mass is 494 g/mol. The molecule has 1 amide bonds. The first-order valence-corrected chi connectivity index (χ1v) is 13.2. The molecule has 178 valence electrons. The lowest BCUT2D eigenvalue weighted by Gasteiger charge is -2.38. The molecule has 2 saturated heterocycles. The summed E-state index contributed by atoms with van der Waals surface area (Å²) >= 11 is 1.14. The van der Waals surface area contributed by atoms with Gasteiger partial charge >= 0.3 is 0 Å². The zero-order valence-electron chi connectivity index (χ0n) is 18.1. The van der Waals surface area contributed by atoms with Crippen molar-refractivity contribution in [1.29, 1.82) is 0 Å². The second-order valence-corrected chi connectivity index (χ2v) is 11.1. The molecular weight excluding hydrogens is 468 g/mol. The maximum Gasteiger partial charge on any atom is 0.262 e. The van der Waals surface area contributed by atoms with Crippen LogP contribution in [0.2, 0.25) is 0 Å². The average Bonchev–Trinajstić information content (AvgIpc) is 3.53. The van der Waals surface area contributed by atoms with Gasteiger partial charge in [0.1, 0.15) is 9.77 Å². The zero-order chi connectivity index (χ0) is 22.9. The summed E-state index contributed by atoms with van der Waals surface area (Å²) in [5.74, 6) is 1.02. The lowest BCUT2D eigenvalue weighted by atomic mass is 9.74. The number of carbonyl (C=O) groups excluding carboxylic acids is 1. The third-order valence-electron chi connectivity index (χ3n) is 6.45. The Labute approximate surface area is 196 Å². The lowest BCUT2D eigenvalue weighted by molar-refractivity contribution is 0.0486. The van der Waals surface area contributed by atoms with Crippen molar-refractivity contribution in [2.24, 2.45) is 0 Å². The van der Waals surface area contributed by atoms with Crippen LogP contribution in [0.25, 0.3) is 0 Å². The number of hydrogen-bond acceptors (Lipinski definition) is 8. The summed E-state index contributed by atoms with van der Waals surface area (Å²) in [6.45, 7) is 3.00. The molecule has 0 radical (unpaired) electrons. The number of sulfonamides is 1. The van der Waals surface area contributed by atoms with E-state index in [9.17, 15) is 13.2 Å². The largest absolute Gasteiger partial charge is 0.454 e. The molecular formula is C22H26N2O7S2. The molecule has 0 atom stereocenters. The molecule has 4 heterocycles. The number of ether oxygens (including phenoxy) is 4. The number of hydrogen-bond donors (Lipinski definition) is 1. The number of morpholine rings is 1. The highest BCUT2D eigenvalue weighted by atomic mass is 32.2. The Bertz CT molecular complexity index is 1120. The van der Waals surface area contributed by atoms with Crippen LogP contribution in [0.15, 0.2) is 34.5 Å². The van der Waals surface area contributed by atoms with Crippen LogP contribution >= 0.6 is 11.3 Å². The van der Waals surface area contributed by atoms with Gasteiger partial charge in [-0.15, -0.1) is 11.3 Å². The normalized spacial score (nSPS) is 20.5. The smallest absolute Gasteiger partial charge is 0.262 e. The lowest BCUT2D eigenvalue weighted by Crippen LogP contribution is -2.45. The van der Waals surface area contributed by atoms with Crippen molar-refractivity contribution in [3.05, 3.63) is 40.1 Å². The summed E-state index contributed by atoms with van der Waals surface area (Å²) in [5.41, 5.74) is 0.706. The van der Waals surface area contributed by atoms with Crippen LogP contribution < -0.4 is 14.8 Å². The van der Waals surface area contributed by atoms with Gasteiger partial charge in [0.15, 0.2) is 11.5 Å². The second-order valence-electron chi connectivity index (χ2n) is 8.27. The molecule has 5 rings (SSSR count). The highest BCUT2D eigenvalue weighted by Crippen LogP contribution is 2.40. The minimum Gasteiger partial charge on any atom is -0.454 e. The Kier molecular flexibility index (Phi) is 6.32. The highest BCUT2D eigenvalue weighted by Gasteiger charge is 2.37. The third-order valence-corrected chi connectivity index (χ3v) is 9.43. The van der Waals surface area contributed by atoms with Crippen LogP contribution in [0.4, 0.5) is 0 Å². The van der Waals surface area contributed by atoms with Crippen molar-refractivity contribution < 1.29 is 32.2 Å². The van der Waals surface area contributed by atoms with Crippen LogP contribution in [0, 0.1) is 0 Å². The van der Waals surface area contributed by atoms with Gasteiger partial charge in [-0.2, -0.15) is 4.31 Å². The van der Waals surface area contributed by atoms with Gasteiger partial charge in [0.25, 0.3) is 5.91 Å². The standard InChI is InChI=1S/C22H26N2O7S2/c25-21(20-19(3-12-32-20)33(26,27)24-6-10-29-11-7-24)23-14-22(4-8-28-9-5-22)16-1-2-17-18(13-16)31-15-30-17/h1-3,12-13H,4-11,14-15H2,(H,23,25). The topological polar surface area (TPSA) is 103 Å². The summed E-state index contributed by atoms with van der Waals surface area (Å²) < 4.78 is 49.5. The molecule has 2 aromatic rings. The van der Waals surface area contributed by atoms with Crippen molar-refractivity contribution in [2.45, 2.75) is 23.2 Å². The predicted molar refractivity (Wildman–Crippen MR) is 121 cm³/mol. The molecule has 0 aliphatic carbocycles. The van der Waals surface area contributed by atoms with Gasteiger partial charge < -0.3 is 24.3 Å². The van der Waals surface area contributed by atoms with Crippen LogP contribution in [0.1, 0.15) is 28.1 Å². The molecule has 0 saturated carbocycles. The number of amides is 1. The van der Waals surface area contributed by atoms with E-state index in [1.165, 1.54) is 10.4 Å². The highest BCUT2D eigenvalue weighted by molar-refractivity contribution is 7.89. The average molecular weight is 495 g/mol. The van der Waals surface area contributed by atoms with Crippen molar-refractivity contribution in [2.75, 3.05) is 52.9 Å². The van der Waals surface area contributed by atoms with E-state index in [-0.39, 0.29) is 41.0 Å². The fourth-order valence-electron chi connectivity index (χ4n) is 4.48. The van der Waals surface area contributed by atoms with E-state index in [0.29, 0.717) is 44.5 Å². The van der Waals surface area contributed by atoms with E-state index in [1.54, 1.807) is 5.38 Å². The molecule has 0 unspecified atom stereocenters. The molecule has 9 nitrogen and oxygen atoms in total. The maximum atomic E-state index is 13.2. The van der Waals surface area contributed by atoms with E-state index in [1.807, 2.05) is 18.2 Å². The van der Waals surface area contributed by atoms with Gasteiger partial charge in [0.2, 0.25) is 16.8 Å². The summed E-state index contributed by atoms with van der Waals surface area (Å²) in [6.07, 6.45) is 1.46. The first-order chi connectivity index (χ1) is 16.0. The van der Waals surface area contributed by atoms with E-state index < -0.39 is 10.0 Å². The molecule has 3 aliphatic heterocycles. The molecule has 11 heteroatoms. The first-order valence-electron chi connectivity index (χ1n) is 10.9. The molecule has 3 aliphatic rings. The Hall–Kier alpha value is -2.18. The quantitative estimate of drug-likeness (QED) is 0.655. The van der Waals surface area contributed by atoms with Gasteiger partial charge in [-0.05, 0) is 42.0 Å².